The topological polar surface area (TPSA) is 77.1 Å². The second-order valence-corrected chi connectivity index (χ2v) is 9.20. The number of thioether (sulfide) groups is 1. The van der Waals surface area contributed by atoms with E-state index in [-0.39, 0.29) is 11.5 Å². The summed E-state index contributed by atoms with van der Waals surface area (Å²) >= 11 is 1.41. The maximum Gasteiger partial charge on any atom is 0.256 e. The average molecular weight is 511 g/mol. The van der Waals surface area contributed by atoms with E-state index in [1.807, 2.05) is 30.3 Å². The van der Waals surface area contributed by atoms with Gasteiger partial charge in [-0.1, -0.05) is 42.5 Å². The number of rotatable bonds is 8. The lowest BCUT2D eigenvalue weighted by Crippen LogP contribution is -2.47. The van der Waals surface area contributed by atoms with Gasteiger partial charge in [-0.05, 0) is 35.4 Å². The van der Waals surface area contributed by atoms with Gasteiger partial charge >= 0.3 is 0 Å². The number of halogens is 1. The van der Waals surface area contributed by atoms with Crippen LogP contribution in [0.15, 0.2) is 66.7 Å². The van der Waals surface area contributed by atoms with Crippen molar-refractivity contribution in [2.24, 2.45) is 0 Å². The molecule has 1 heterocycles. The molecule has 2 atom stereocenters. The fourth-order valence-corrected chi connectivity index (χ4v) is 5.55. The average Bonchev–Trinajstić information content (AvgIpc) is 3.36. The van der Waals surface area contributed by atoms with Crippen LogP contribution in [-0.2, 0) is 11.3 Å². The van der Waals surface area contributed by atoms with Crippen molar-refractivity contribution in [3.63, 3.8) is 0 Å². The van der Waals surface area contributed by atoms with Crippen LogP contribution >= 0.6 is 11.8 Å². The Morgan fingerprint density at radius 2 is 1.67 bits per heavy atom. The summed E-state index contributed by atoms with van der Waals surface area (Å²) in [7, 11) is 4.41. The SMILES string of the molecule is COc1cc(C(=O)N2C(C(=O)NCc3ccccc3)CSC2c2cccc(F)c2)cc(OC)c1OC. The smallest absolute Gasteiger partial charge is 0.256 e. The highest BCUT2D eigenvalue weighted by molar-refractivity contribution is 7.99. The van der Waals surface area contributed by atoms with E-state index in [4.69, 9.17) is 14.2 Å². The lowest BCUT2D eigenvalue weighted by atomic mass is 10.1. The molecule has 3 aromatic carbocycles. The Balaban J connectivity index is 1.69. The second kappa shape index (κ2) is 11.3. The molecule has 2 amide bonds. The Morgan fingerprint density at radius 1 is 0.972 bits per heavy atom. The number of ether oxygens (including phenoxy) is 3. The Bertz CT molecular complexity index is 1210. The highest BCUT2D eigenvalue weighted by Crippen LogP contribution is 2.44. The molecule has 0 saturated carbocycles. The van der Waals surface area contributed by atoms with Gasteiger partial charge in [0.1, 0.15) is 17.2 Å². The zero-order valence-corrected chi connectivity index (χ0v) is 21.0. The Morgan fingerprint density at radius 3 is 2.28 bits per heavy atom. The second-order valence-electron chi connectivity index (χ2n) is 8.09. The molecule has 1 N–H and O–H groups in total. The maximum atomic E-state index is 14.1. The van der Waals surface area contributed by atoms with Gasteiger partial charge in [-0.2, -0.15) is 0 Å². The third kappa shape index (κ3) is 5.26. The van der Waals surface area contributed by atoms with E-state index in [1.165, 1.54) is 50.1 Å². The third-order valence-electron chi connectivity index (χ3n) is 5.89. The molecule has 0 radical (unpaired) electrons. The molecule has 0 bridgehead atoms. The van der Waals surface area contributed by atoms with Crippen LogP contribution in [0, 0.1) is 5.82 Å². The minimum absolute atomic E-state index is 0.259. The first-order valence-corrected chi connectivity index (χ1v) is 12.3. The number of amides is 2. The van der Waals surface area contributed by atoms with Crippen LogP contribution in [0.4, 0.5) is 4.39 Å². The van der Waals surface area contributed by atoms with Crippen molar-refractivity contribution >= 4 is 23.6 Å². The summed E-state index contributed by atoms with van der Waals surface area (Å²) in [6.07, 6.45) is 0. The number of hydrogen-bond acceptors (Lipinski definition) is 6. The summed E-state index contributed by atoms with van der Waals surface area (Å²) in [5.41, 5.74) is 1.80. The molecule has 2 unspecified atom stereocenters. The first-order chi connectivity index (χ1) is 17.5. The maximum absolute atomic E-state index is 14.1. The molecule has 4 rings (SSSR count). The molecule has 36 heavy (non-hydrogen) atoms. The Kier molecular flexibility index (Phi) is 8.00. The van der Waals surface area contributed by atoms with Gasteiger partial charge < -0.3 is 24.4 Å². The quantitative estimate of drug-likeness (QED) is 0.483. The molecule has 1 aliphatic rings. The largest absolute Gasteiger partial charge is 0.493 e. The zero-order valence-electron chi connectivity index (χ0n) is 20.2. The van der Waals surface area contributed by atoms with E-state index < -0.39 is 23.1 Å². The van der Waals surface area contributed by atoms with Crippen LogP contribution in [-0.4, -0.2) is 49.8 Å². The molecule has 9 heteroatoms. The molecule has 0 aromatic heterocycles. The van der Waals surface area contributed by atoms with Crippen molar-refractivity contribution < 1.29 is 28.2 Å². The Hall–Kier alpha value is -3.72. The van der Waals surface area contributed by atoms with E-state index >= 15 is 0 Å². The number of nitrogens with zero attached hydrogens (tertiary/aromatic N) is 1. The van der Waals surface area contributed by atoms with Crippen molar-refractivity contribution in [1.82, 2.24) is 10.2 Å². The molecular weight excluding hydrogens is 483 g/mol. The van der Waals surface area contributed by atoms with Crippen LogP contribution in [0.2, 0.25) is 0 Å². The number of methoxy groups -OCH3 is 3. The van der Waals surface area contributed by atoms with Crippen molar-refractivity contribution in [3.05, 3.63) is 89.2 Å². The van der Waals surface area contributed by atoms with E-state index in [0.29, 0.717) is 35.1 Å². The summed E-state index contributed by atoms with van der Waals surface area (Å²) in [6, 6.07) is 17.9. The fourth-order valence-electron chi connectivity index (χ4n) is 4.13. The molecule has 1 aliphatic heterocycles. The van der Waals surface area contributed by atoms with Crippen LogP contribution in [0.1, 0.15) is 26.9 Å². The molecule has 188 valence electrons. The number of nitrogens with one attached hydrogen (secondary N) is 1. The predicted molar refractivity (Wildman–Crippen MR) is 136 cm³/mol. The van der Waals surface area contributed by atoms with Crippen LogP contribution in [0.3, 0.4) is 0 Å². The summed E-state index contributed by atoms with van der Waals surface area (Å²) in [4.78, 5) is 28.7. The molecule has 1 fully saturated rings. The van der Waals surface area contributed by atoms with Gasteiger partial charge in [0.05, 0.1) is 21.3 Å². The highest BCUT2D eigenvalue weighted by Gasteiger charge is 2.43. The van der Waals surface area contributed by atoms with Gasteiger partial charge in [-0.15, -0.1) is 11.8 Å². The Labute approximate surface area is 213 Å². The van der Waals surface area contributed by atoms with Crippen LogP contribution in [0.25, 0.3) is 0 Å². The van der Waals surface area contributed by atoms with Gasteiger partial charge in [0, 0.05) is 17.9 Å². The summed E-state index contributed by atoms with van der Waals surface area (Å²) < 4.78 is 30.3. The van der Waals surface area contributed by atoms with E-state index in [1.54, 1.807) is 24.3 Å². The van der Waals surface area contributed by atoms with Crippen molar-refractivity contribution in [2.75, 3.05) is 27.1 Å². The zero-order chi connectivity index (χ0) is 25.7. The van der Waals surface area contributed by atoms with E-state index in [0.717, 1.165) is 5.56 Å². The molecular formula is C27H27FN2O5S. The highest BCUT2D eigenvalue weighted by atomic mass is 32.2. The minimum Gasteiger partial charge on any atom is -0.493 e. The first kappa shape index (κ1) is 25.4. The number of benzene rings is 3. The summed E-state index contributed by atoms with van der Waals surface area (Å²) in [6.45, 7) is 0.331. The monoisotopic (exact) mass is 510 g/mol. The summed E-state index contributed by atoms with van der Waals surface area (Å²) in [5.74, 6) is 0.243. The van der Waals surface area contributed by atoms with Gasteiger partial charge in [0.2, 0.25) is 11.7 Å². The van der Waals surface area contributed by atoms with Gasteiger partial charge in [-0.3, -0.25) is 9.59 Å². The standard InChI is InChI=1S/C27H27FN2O5S/c1-33-22-13-19(14-23(34-2)24(22)35-3)26(32)30-21(25(31)29-15-17-8-5-4-6-9-17)16-36-27(30)18-10-7-11-20(28)12-18/h4-14,21,27H,15-16H2,1-3H3,(H,29,31). The molecule has 3 aromatic rings. The predicted octanol–water partition coefficient (Wildman–Crippen LogP) is 4.42. The van der Waals surface area contributed by atoms with Crippen molar-refractivity contribution in [2.45, 2.75) is 18.0 Å². The van der Waals surface area contributed by atoms with Crippen LogP contribution in [0.5, 0.6) is 17.2 Å². The van der Waals surface area contributed by atoms with Gasteiger partial charge in [0.15, 0.2) is 11.5 Å². The number of hydrogen-bond donors (Lipinski definition) is 1. The fraction of sp³-hybridized carbons (Fsp3) is 0.259. The number of carbonyl (C=O) groups excluding carboxylic acids is 2. The van der Waals surface area contributed by atoms with Crippen LogP contribution < -0.4 is 19.5 Å². The minimum atomic E-state index is -0.765. The molecule has 0 aliphatic carbocycles. The first-order valence-electron chi connectivity index (χ1n) is 11.3. The van der Waals surface area contributed by atoms with Gasteiger partial charge in [0.25, 0.3) is 5.91 Å². The van der Waals surface area contributed by atoms with Crippen molar-refractivity contribution in [1.29, 1.82) is 0 Å². The normalized spacial score (nSPS) is 16.9. The molecule has 0 spiro atoms. The third-order valence-corrected chi connectivity index (χ3v) is 7.22. The molecule has 1 saturated heterocycles. The number of carbonyl (C=O) groups is 2. The van der Waals surface area contributed by atoms with Gasteiger partial charge in [-0.25, -0.2) is 4.39 Å². The van der Waals surface area contributed by atoms with E-state index in [2.05, 4.69) is 5.32 Å². The lowest BCUT2D eigenvalue weighted by Gasteiger charge is -2.29. The summed E-state index contributed by atoms with van der Waals surface area (Å²) in [5, 5.41) is 2.38. The lowest BCUT2D eigenvalue weighted by molar-refractivity contribution is -0.125. The van der Waals surface area contributed by atoms with Crippen molar-refractivity contribution in [3.8, 4) is 17.2 Å². The van der Waals surface area contributed by atoms with E-state index in [9.17, 15) is 14.0 Å². The molecule has 7 nitrogen and oxygen atoms in total.